The van der Waals surface area contributed by atoms with Crippen LogP contribution in [0.1, 0.15) is 77.2 Å². The van der Waals surface area contributed by atoms with Gasteiger partial charge in [0.1, 0.15) is 23.6 Å². The summed E-state index contributed by atoms with van der Waals surface area (Å²) >= 11 is 0. The van der Waals surface area contributed by atoms with Crippen molar-refractivity contribution in [3.8, 4) is 5.75 Å². The van der Waals surface area contributed by atoms with Gasteiger partial charge in [-0.15, -0.1) is 0 Å². The molecule has 2 atom stereocenters. The molecule has 3 rings (SSSR count). The minimum atomic E-state index is -0.504. The molecule has 2 unspecified atom stereocenters. The molecule has 0 radical (unpaired) electrons. The van der Waals surface area contributed by atoms with E-state index in [2.05, 4.69) is 77.2 Å². The second-order valence-corrected chi connectivity index (χ2v) is 10.0. The monoisotopic (exact) mass is 425 g/mol. The SMILES string of the molecule is CCCCOC1c2cc(NC)ccc2OC(C)(C)C1OCc1ccc(C(C)(C)C)cc1. The summed E-state index contributed by atoms with van der Waals surface area (Å²) in [6.45, 7) is 14.3. The van der Waals surface area contributed by atoms with Crippen LogP contribution in [0.2, 0.25) is 0 Å². The fraction of sp³-hybridized carbons (Fsp3) is 0.556. The third-order valence-corrected chi connectivity index (χ3v) is 5.98. The highest BCUT2D eigenvalue weighted by Gasteiger charge is 2.45. The molecule has 2 aromatic carbocycles. The topological polar surface area (TPSA) is 39.7 Å². The highest BCUT2D eigenvalue weighted by molar-refractivity contribution is 5.53. The molecule has 0 aromatic heterocycles. The van der Waals surface area contributed by atoms with Gasteiger partial charge >= 0.3 is 0 Å². The summed E-state index contributed by atoms with van der Waals surface area (Å²) in [5.41, 5.74) is 4.22. The highest BCUT2D eigenvalue weighted by atomic mass is 16.6. The van der Waals surface area contributed by atoms with Crippen LogP contribution in [0.15, 0.2) is 42.5 Å². The number of unbranched alkanes of at least 4 members (excludes halogenated alkanes) is 1. The second-order valence-electron chi connectivity index (χ2n) is 10.0. The molecule has 0 fully saturated rings. The van der Waals surface area contributed by atoms with E-state index in [1.54, 1.807) is 0 Å². The molecule has 4 nitrogen and oxygen atoms in total. The van der Waals surface area contributed by atoms with Crippen LogP contribution in [-0.2, 0) is 21.5 Å². The minimum Gasteiger partial charge on any atom is -0.485 e. The first-order valence-corrected chi connectivity index (χ1v) is 11.5. The molecule has 1 aliphatic heterocycles. The molecule has 31 heavy (non-hydrogen) atoms. The molecule has 0 spiro atoms. The molecule has 170 valence electrons. The lowest BCUT2D eigenvalue weighted by atomic mass is 9.86. The van der Waals surface area contributed by atoms with E-state index in [9.17, 15) is 0 Å². The van der Waals surface area contributed by atoms with Crippen molar-refractivity contribution in [1.82, 2.24) is 0 Å². The van der Waals surface area contributed by atoms with Crippen molar-refractivity contribution >= 4 is 5.69 Å². The van der Waals surface area contributed by atoms with Crippen LogP contribution in [0.4, 0.5) is 5.69 Å². The van der Waals surface area contributed by atoms with E-state index >= 15 is 0 Å². The lowest BCUT2D eigenvalue weighted by Gasteiger charge is -2.44. The highest BCUT2D eigenvalue weighted by Crippen LogP contribution is 2.44. The molecule has 0 amide bonds. The van der Waals surface area contributed by atoms with Crippen molar-refractivity contribution in [3.05, 3.63) is 59.2 Å². The molecular formula is C27H39NO3. The Morgan fingerprint density at radius 1 is 1.03 bits per heavy atom. The van der Waals surface area contributed by atoms with Crippen molar-refractivity contribution in [2.75, 3.05) is 19.0 Å². The molecule has 1 aliphatic rings. The molecule has 0 saturated heterocycles. The van der Waals surface area contributed by atoms with Gasteiger partial charge in [-0.3, -0.25) is 0 Å². The summed E-state index contributed by atoms with van der Waals surface area (Å²) in [5.74, 6) is 0.875. The first-order chi connectivity index (χ1) is 14.7. The average Bonchev–Trinajstić information content (AvgIpc) is 2.72. The second kappa shape index (κ2) is 9.62. The zero-order valence-corrected chi connectivity index (χ0v) is 20.2. The van der Waals surface area contributed by atoms with Crippen LogP contribution in [0.25, 0.3) is 0 Å². The van der Waals surface area contributed by atoms with Crippen molar-refractivity contribution in [1.29, 1.82) is 0 Å². The number of hydrogen-bond donors (Lipinski definition) is 1. The summed E-state index contributed by atoms with van der Waals surface area (Å²) in [6, 6.07) is 14.9. The van der Waals surface area contributed by atoms with Gasteiger partial charge in [-0.05, 0) is 55.0 Å². The van der Waals surface area contributed by atoms with Crippen LogP contribution in [0.3, 0.4) is 0 Å². The van der Waals surface area contributed by atoms with Crippen molar-refractivity contribution < 1.29 is 14.2 Å². The van der Waals surface area contributed by atoms with E-state index in [-0.39, 0.29) is 17.6 Å². The molecule has 0 bridgehead atoms. The third-order valence-electron chi connectivity index (χ3n) is 5.98. The Hall–Kier alpha value is -2.04. The normalized spacial score (nSPS) is 20.1. The summed E-state index contributed by atoms with van der Waals surface area (Å²) in [4.78, 5) is 0. The summed E-state index contributed by atoms with van der Waals surface area (Å²) in [6.07, 6.45) is 1.74. The summed E-state index contributed by atoms with van der Waals surface area (Å²) < 4.78 is 19.3. The smallest absolute Gasteiger partial charge is 0.132 e. The maximum Gasteiger partial charge on any atom is 0.132 e. The van der Waals surface area contributed by atoms with Crippen LogP contribution >= 0.6 is 0 Å². The van der Waals surface area contributed by atoms with Gasteiger partial charge in [0.25, 0.3) is 0 Å². The van der Waals surface area contributed by atoms with Gasteiger partial charge < -0.3 is 19.5 Å². The van der Waals surface area contributed by atoms with Crippen molar-refractivity contribution in [2.45, 2.75) is 84.2 Å². The van der Waals surface area contributed by atoms with Gasteiger partial charge in [-0.2, -0.15) is 0 Å². The van der Waals surface area contributed by atoms with Gasteiger partial charge in [0.05, 0.1) is 6.61 Å². The van der Waals surface area contributed by atoms with Gasteiger partial charge in [0, 0.05) is 24.9 Å². The molecular weight excluding hydrogens is 386 g/mol. The van der Waals surface area contributed by atoms with Crippen LogP contribution < -0.4 is 10.1 Å². The molecule has 2 aromatic rings. The average molecular weight is 426 g/mol. The van der Waals surface area contributed by atoms with E-state index in [1.807, 2.05) is 19.2 Å². The Bertz CT molecular complexity index is 852. The van der Waals surface area contributed by atoms with Crippen LogP contribution in [-0.4, -0.2) is 25.4 Å². The number of ether oxygens (including phenoxy) is 3. The summed E-state index contributed by atoms with van der Waals surface area (Å²) in [7, 11) is 1.93. The van der Waals surface area contributed by atoms with E-state index in [0.717, 1.165) is 35.4 Å². The van der Waals surface area contributed by atoms with Crippen LogP contribution in [0.5, 0.6) is 5.75 Å². The predicted molar refractivity (Wildman–Crippen MR) is 128 cm³/mol. The first-order valence-electron chi connectivity index (χ1n) is 11.5. The van der Waals surface area contributed by atoms with Crippen LogP contribution in [0, 0.1) is 0 Å². The van der Waals surface area contributed by atoms with Crippen molar-refractivity contribution in [3.63, 3.8) is 0 Å². The van der Waals surface area contributed by atoms with Crippen molar-refractivity contribution in [2.24, 2.45) is 0 Å². The minimum absolute atomic E-state index is 0.144. The van der Waals surface area contributed by atoms with Gasteiger partial charge in [-0.1, -0.05) is 58.4 Å². The number of anilines is 1. The number of nitrogens with one attached hydrogen (secondary N) is 1. The third kappa shape index (κ3) is 5.61. The van der Waals surface area contributed by atoms with E-state index < -0.39 is 5.60 Å². The van der Waals surface area contributed by atoms with Gasteiger partial charge in [-0.25, -0.2) is 0 Å². The largest absolute Gasteiger partial charge is 0.485 e. The zero-order valence-electron chi connectivity index (χ0n) is 20.2. The Balaban J connectivity index is 1.84. The Kier molecular flexibility index (Phi) is 7.33. The number of rotatable bonds is 8. The van der Waals surface area contributed by atoms with E-state index in [1.165, 1.54) is 5.56 Å². The number of hydrogen-bond acceptors (Lipinski definition) is 4. The van der Waals surface area contributed by atoms with Gasteiger partial charge in [0.15, 0.2) is 0 Å². The predicted octanol–water partition coefficient (Wildman–Crippen LogP) is 6.64. The summed E-state index contributed by atoms with van der Waals surface area (Å²) in [5, 5.41) is 3.22. The maximum atomic E-state index is 6.51. The molecule has 0 saturated carbocycles. The number of fused-ring (bicyclic) bond motifs is 1. The lowest BCUT2D eigenvalue weighted by Crippen LogP contribution is -2.51. The molecule has 4 heteroatoms. The number of benzene rings is 2. The fourth-order valence-electron chi connectivity index (χ4n) is 4.00. The molecule has 0 aliphatic carbocycles. The molecule has 1 N–H and O–H groups in total. The maximum absolute atomic E-state index is 6.51. The Labute approximate surface area is 188 Å². The standard InChI is InChI=1S/C27H39NO3/c1-8-9-16-29-24-22-17-21(28-7)14-15-23(22)31-27(5,6)25(24)30-18-19-10-12-20(13-11-19)26(2,3)4/h10-15,17,24-25,28H,8-9,16,18H2,1-7H3. The quantitative estimate of drug-likeness (QED) is 0.481. The molecule has 1 heterocycles. The van der Waals surface area contributed by atoms with E-state index in [4.69, 9.17) is 14.2 Å². The van der Waals surface area contributed by atoms with E-state index in [0.29, 0.717) is 13.2 Å². The zero-order chi connectivity index (χ0) is 22.6. The Morgan fingerprint density at radius 2 is 1.74 bits per heavy atom. The fourth-order valence-corrected chi connectivity index (χ4v) is 4.00. The first kappa shape index (κ1) is 23.6. The lowest BCUT2D eigenvalue weighted by molar-refractivity contribution is -0.167. The van der Waals surface area contributed by atoms with Gasteiger partial charge in [0.2, 0.25) is 0 Å². The Morgan fingerprint density at radius 3 is 2.35 bits per heavy atom.